The van der Waals surface area contributed by atoms with Gasteiger partial charge in [-0.2, -0.15) is 0 Å². The van der Waals surface area contributed by atoms with E-state index in [0.717, 1.165) is 12.0 Å². The van der Waals surface area contributed by atoms with Gasteiger partial charge in [0.15, 0.2) is 0 Å². The van der Waals surface area contributed by atoms with E-state index in [0.29, 0.717) is 25.1 Å². The molecule has 0 radical (unpaired) electrons. The molecule has 1 aliphatic rings. The van der Waals surface area contributed by atoms with Gasteiger partial charge >= 0.3 is 5.97 Å². The van der Waals surface area contributed by atoms with Crippen molar-refractivity contribution < 1.29 is 19.5 Å². The van der Waals surface area contributed by atoms with Crippen LogP contribution in [0.3, 0.4) is 0 Å². The topological polar surface area (TPSA) is 86.7 Å². The fourth-order valence-corrected chi connectivity index (χ4v) is 2.93. The summed E-state index contributed by atoms with van der Waals surface area (Å²) in [5.74, 6) is -1.47. The molecule has 0 saturated carbocycles. The Balaban J connectivity index is 1.95. The number of aliphatic carboxylic acids is 1. The number of amides is 2. The largest absolute Gasteiger partial charge is 0.481 e. The molecule has 1 aliphatic heterocycles. The van der Waals surface area contributed by atoms with Crippen molar-refractivity contribution in [2.75, 3.05) is 13.1 Å². The maximum Gasteiger partial charge on any atom is 0.305 e. The van der Waals surface area contributed by atoms with Crippen molar-refractivity contribution in [2.24, 2.45) is 5.92 Å². The maximum absolute atomic E-state index is 12.6. The number of carbonyl (C=O) groups excluding carboxylic acids is 2. The standard InChI is InChI=1S/C18H24N2O4/c1-12-5-7-14(8-6-12)18(24)20-9-3-4-15(11-20)17(23)19-13(2)10-16(21)22/h5-8,13,15H,3-4,9-11H2,1-2H3,(H,19,23)(H,21,22). The van der Waals surface area contributed by atoms with Crippen molar-refractivity contribution in [2.45, 2.75) is 39.2 Å². The highest BCUT2D eigenvalue weighted by Gasteiger charge is 2.29. The van der Waals surface area contributed by atoms with E-state index < -0.39 is 12.0 Å². The fraction of sp³-hybridized carbons (Fsp3) is 0.500. The summed E-state index contributed by atoms with van der Waals surface area (Å²) >= 11 is 0. The van der Waals surface area contributed by atoms with Gasteiger partial charge < -0.3 is 15.3 Å². The summed E-state index contributed by atoms with van der Waals surface area (Å²) in [6.07, 6.45) is 1.37. The van der Waals surface area contributed by atoms with Crippen molar-refractivity contribution in [3.63, 3.8) is 0 Å². The third kappa shape index (κ3) is 4.81. The monoisotopic (exact) mass is 332 g/mol. The van der Waals surface area contributed by atoms with Crippen LogP contribution in [-0.4, -0.2) is 46.9 Å². The quantitative estimate of drug-likeness (QED) is 0.861. The Morgan fingerprint density at radius 1 is 1.29 bits per heavy atom. The normalized spacial score (nSPS) is 18.8. The van der Waals surface area contributed by atoms with E-state index in [1.165, 1.54) is 0 Å². The first kappa shape index (κ1) is 18.0. The van der Waals surface area contributed by atoms with Gasteiger partial charge in [-0.3, -0.25) is 14.4 Å². The Morgan fingerprint density at radius 3 is 2.58 bits per heavy atom. The van der Waals surface area contributed by atoms with E-state index in [2.05, 4.69) is 5.32 Å². The summed E-state index contributed by atoms with van der Waals surface area (Å²) < 4.78 is 0. The molecule has 1 heterocycles. The SMILES string of the molecule is Cc1ccc(C(=O)N2CCCC(C(=O)NC(C)CC(=O)O)C2)cc1. The lowest BCUT2D eigenvalue weighted by Crippen LogP contribution is -2.47. The molecule has 2 N–H and O–H groups in total. The van der Waals surface area contributed by atoms with E-state index in [1.54, 1.807) is 24.0 Å². The first-order valence-electron chi connectivity index (χ1n) is 8.25. The van der Waals surface area contributed by atoms with Crippen LogP contribution in [0.2, 0.25) is 0 Å². The van der Waals surface area contributed by atoms with E-state index in [-0.39, 0.29) is 24.2 Å². The molecule has 6 nitrogen and oxygen atoms in total. The van der Waals surface area contributed by atoms with E-state index in [4.69, 9.17) is 5.11 Å². The number of nitrogens with zero attached hydrogens (tertiary/aromatic N) is 1. The number of likely N-dealkylation sites (tertiary alicyclic amines) is 1. The Morgan fingerprint density at radius 2 is 1.96 bits per heavy atom. The van der Waals surface area contributed by atoms with Crippen molar-refractivity contribution in [1.29, 1.82) is 0 Å². The molecular weight excluding hydrogens is 308 g/mol. The van der Waals surface area contributed by atoms with Crippen LogP contribution in [0.25, 0.3) is 0 Å². The predicted octanol–water partition coefficient (Wildman–Crippen LogP) is 1.83. The number of benzene rings is 1. The highest BCUT2D eigenvalue weighted by molar-refractivity contribution is 5.94. The van der Waals surface area contributed by atoms with Crippen LogP contribution in [-0.2, 0) is 9.59 Å². The van der Waals surface area contributed by atoms with Crippen LogP contribution >= 0.6 is 0 Å². The zero-order chi connectivity index (χ0) is 17.7. The van der Waals surface area contributed by atoms with Gasteiger partial charge in [0.1, 0.15) is 0 Å². The maximum atomic E-state index is 12.6. The summed E-state index contributed by atoms with van der Waals surface area (Å²) in [6.45, 7) is 4.65. The van der Waals surface area contributed by atoms with Gasteiger partial charge in [-0.15, -0.1) is 0 Å². The zero-order valence-electron chi connectivity index (χ0n) is 14.1. The molecule has 1 saturated heterocycles. The molecule has 0 spiro atoms. The lowest BCUT2D eigenvalue weighted by atomic mass is 9.96. The third-order valence-electron chi connectivity index (χ3n) is 4.25. The summed E-state index contributed by atoms with van der Waals surface area (Å²) in [6, 6.07) is 6.98. The lowest BCUT2D eigenvalue weighted by molar-refractivity contribution is -0.137. The Bertz CT molecular complexity index is 612. The minimum absolute atomic E-state index is 0.0638. The summed E-state index contributed by atoms with van der Waals surface area (Å²) in [5, 5.41) is 11.5. The second kappa shape index (κ2) is 7.95. The number of carbonyl (C=O) groups is 3. The molecule has 2 atom stereocenters. The van der Waals surface area contributed by atoms with Gasteiger partial charge in [-0.05, 0) is 38.8 Å². The van der Waals surface area contributed by atoms with Crippen molar-refractivity contribution in [3.8, 4) is 0 Å². The number of hydrogen-bond acceptors (Lipinski definition) is 3. The van der Waals surface area contributed by atoms with Gasteiger partial charge in [0.05, 0.1) is 12.3 Å². The lowest BCUT2D eigenvalue weighted by Gasteiger charge is -2.32. The van der Waals surface area contributed by atoms with Crippen LogP contribution in [0, 0.1) is 12.8 Å². The fourth-order valence-electron chi connectivity index (χ4n) is 2.93. The van der Waals surface area contributed by atoms with Gasteiger partial charge in [0.2, 0.25) is 5.91 Å². The van der Waals surface area contributed by atoms with Crippen molar-refractivity contribution in [3.05, 3.63) is 35.4 Å². The third-order valence-corrected chi connectivity index (χ3v) is 4.25. The second-order valence-electron chi connectivity index (χ2n) is 6.46. The highest BCUT2D eigenvalue weighted by Crippen LogP contribution is 2.19. The molecule has 0 bridgehead atoms. The van der Waals surface area contributed by atoms with Crippen molar-refractivity contribution >= 4 is 17.8 Å². The number of hydrogen-bond donors (Lipinski definition) is 2. The molecule has 1 fully saturated rings. The van der Waals surface area contributed by atoms with Gasteiger partial charge in [0, 0.05) is 24.7 Å². The van der Waals surface area contributed by atoms with Crippen molar-refractivity contribution in [1.82, 2.24) is 10.2 Å². The van der Waals surface area contributed by atoms with E-state index >= 15 is 0 Å². The number of piperidine rings is 1. The first-order valence-corrected chi connectivity index (χ1v) is 8.25. The van der Waals surface area contributed by atoms with Crippen LogP contribution in [0.15, 0.2) is 24.3 Å². The summed E-state index contributed by atoms with van der Waals surface area (Å²) in [5.41, 5.74) is 1.72. The number of aryl methyl sites for hydroxylation is 1. The average Bonchev–Trinajstić information content (AvgIpc) is 2.54. The predicted molar refractivity (Wildman–Crippen MR) is 89.7 cm³/mol. The molecule has 130 valence electrons. The highest BCUT2D eigenvalue weighted by atomic mass is 16.4. The molecule has 24 heavy (non-hydrogen) atoms. The molecule has 6 heteroatoms. The minimum Gasteiger partial charge on any atom is -0.481 e. The van der Waals surface area contributed by atoms with Crippen LogP contribution in [0.4, 0.5) is 0 Å². The molecule has 2 unspecified atom stereocenters. The van der Waals surface area contributed by atoms with Gasteiger partial charge in [-0.1, -0.05) is 17.7 Å². The molecule has 1 aromatic carbocycles. The number of nitrogens with one attached hydrogen (secondary N) is 1. The summed E-state index contributed by atoms with van der Waals surface area (Å²) in [7, 11) is 0. The second-order valence-corrected chi connectivity index (χ2v) is 6.46. The van der Waals surface area contributed by atoms with Crippen LogP contribution in [0.5, 0.6) is 0 Å². The molecule has 2 amide bonds. The summed E-state index contributed by atoms with van der Waals surface area (Å²) in [4.78, 5) is 37.3. The van der Waals surface area contributed by atoms with E-state index in [1.807, 2.05) is 19.1 Å². The smallest absolute Gasteiger partial charge is 0.305 e. The average molecular weight is 332 g/mol. The van der Waals surface area contributed by atoms with Gasteiger partial charge in [0.25, 0.3) is 5.91 Å². The zero-order valence-corrected chi connectivity index (χ0v) is 14.1. The molecular formula is C18H24N2O4. The number of carboxylic acids is 1. The first-order chi connectivity index (χ1) is 11.4. The number of carboxylic acid groups (broad SMARTS) is 1. The van der Waals surface area contributed by atoms with E-state index in [9.17, 15) is 14.4 Å². The van der Waals surface area contributed by atoms with Gasteiger partial charge in [-0.25, -0.2) is 0 Å². The molecule has 1 aromatic rings. The van der Waals surface area contributed by atoms with Crippen LogP contribution in [0.1, 0.15) is 42.1 Å². The van der Waals surface area contributed by atoms with Crippen LogP contribution < -0.4 is 5.32 Å². The number of rotatable bonds is 5. The Labute approximate surface area is 141 Å². The molecule has 0 aliphatic carbocycles. The Kier molecular flexibility index (Phi) is 5.95. The molecule has 0 aromatic heterocycles. The minimum atomic E-state index is -0.942. The Hall–Kier alpha value is -2.37. The molecule has 2 rings (SSSR count).